The van der Waals surface area contributed by atoms with Gasteiger partial charge in [-0.15, -0.1) is 0 Å². The van der Waals surface area contributed by atoms with Crippen LogP contribution >= 0.6 is 0 Å². The third kappa shape index (κ3) is 6.74. The highest BCUT2D eigenvalue weighted by atomic mass is 19.1. The fourth-order valence-corrected chi connectivity index (χ4v) is 4.28. The predicted molar refractivity (Wildman–Crippen MR) is 151 cm³/mol. The van der Waals surface area contributed by atoms with Gasteiger partial charge in [-0.05, 0) is 70.0 Å². The number of hydrogen-bond acceptors (Lipinski definition) is 6. The summed E-state index contributed by atoms with van der Waals surface area (Å²) in [4.78, 5) is 36.7. The smallest absolute Gasteiger partial charge is 0.410 e. The standard InChI is InChI=1S/C30H34FN5O4/c1-6-35(29(38)40-30(2,3)4)19-10-20-36-26(25(27(37)34(36)5)21-13-15-22(31)16-14-21)24-17-18-32-28(33-24)39-23-11-8-7-9-12-23/h7-9,11-18H,6,10,19-20H2,1-5H3. The lowest BCUT2D eigenvalue weighted by atomic mass is 10.0. The fourth-order valence-electron chi connectivity index (χ4n) is 4.28. The van der Waals surface area contributed by atoms with Crippen molar-refractivity contribution < 1.29 is 18.7 Å². The molecule has 4 aromatic rings. The van der Waals surface area contributed by atoms with Crippen LogP contribution in [-0.4, -0.2) is 49.0 Å². The molecule has 0 atom stereocenters. The van der Waals surface area contributed by atoms with Gasteiger partial charge in [0.1, 0.15) is 17.2 Å². The van der Waals surface area contributed by atoms with Crippen LogP contribution in [0.4, 0.5) is 9.18 Å². The molecular formula is C30H34FN5O4. The zero-order chi connectivity index (χ0) is 28.9. The van der Waals surface area contributed by atoms with Crippen LogP contribution in [0.3, 0.4) is 0 Å². The Balaban J connectivity index is 1.71. The molecule has 0 saturated heterocycles. The molecule has 0 spiro atoms. The summed E-state index contributed by atoms with van der Waals surface area (Å²) in [5, 5.41) is 0. The van der Waals surface area contributed by atoms with Crippen molar-refractivity contribution in [3.05, 3.63) is 83.0 Å². The summed E-state index contributed by atoms with van der Waals surface area (Å²) < 4.78 is 28.5. The van der Waals surface area contributed by atoms with E-state index in [0.29, 0.717) is 54.3 Å². The zero-order valence-electron chi connectivity index (χ0n) is 23.4. The molecule has 0 radical (unpaired) electrons. The van der Waals surface area contributed by atoms with Crippen molar-refractivity contribution in [2.24, 2.45) is 7.05 Å². The molecule has 0 aliphatic rings. The van der Waals surface area contributed by atoms with E-state index < -0.39 is 11.4 Å². The Labute approximate surface area is 232 Å². The zero-order valence-corrected chi connectivity index (χ0v) is 23.4. The van der Waals surface area contributed by atoms with Gasteiger partial charge < -0.3 is 14.4 Å². The molecule has 0 bridgehead atoms. The van der Waals surface area contributed by atoms with Crippen LogP contribution in [0.15, 0.2) is 71.7 Å². The Kier molecular flexibility index (Phi) is 8.67. The molecule has 4 rings (SSSR count). The molecule has 210 valence electrons. The van der Waals surface area contributed by atoms with Crippen LogP contribution in [0.25, 0.3) is 22.5 Å². The molecule has 9 nitrogen and oxygen atoms in total. The number of carbonyl (C=O) groups is 1. The largest absolute Gasteiger partial charge is 0.444 e. The fraction of sp³-hybridized carbons (Fsp3) is 0.333. The number of aromatic nitrogens is 4. The first kappa shape index (κ1) is 28.5. The van der Waals surface area contributed by atoms with Crippen LogP contribution in [-0.2, 0) is 18.3 Å². The molecule has 1 amide bonds. The lowest BCUT2D eigenvalue weighted by Crippen LogP contribution is -2.37. The Morgan fingerprint density at radius 2 is 1.75 bits per heavy atom. The van der Waals surface area contributed by atoms with Gasteiger partial charge in [-0.25, -0.2) is 14.2 Å². The number of carbonyl (C=O) groups excluding carboxylic acids is 1. The highest BCUT2D eigenvalue weighted by molar-refractivity contribution is 5.79. The summed E-state index contributed by atoms with van der Waals surface area (Å²) in [7, 11) is 1.67. The average molecular weight is 548 g/mol. The van der Waals surface area contributed by atoms with E-state index in [0.717, 1.165) is 0 Å². The maximum Gasteiger partial charge on any atom is 0.410 e. The van der Waals surface area contributed by atoms with Gasteiger partial charge in [0.2, 0.25) is 0 Å². The van der Waals surface area contributed by atoms with Crippen LogP contribution in [0.1, 0.15) is 34.1 Å². The molecule has 2 aromatic carbocycles. The van der Waals surface area contributed by atoms with Crippen molar-refractivity contribution in [3.63, 3.8) is 0 Å². The van der Waals surface area contributed by atoms with Gasteiger partial charge in [0, 0.05) is 32.9 Å². The van der Waals surface area contributed by atoms with Crippen LogP contribution in [0, 0.1) is 5.82 Å². The number of amides is 1. The molecule has 0 unspecified atom stereocenters. The minimum absolute atomic E-state index is 0.124. The van der Waals surface area contributed by atoms with Gasteiger partial charge in [-0.2, -0.15) is 4.98 Å². The van der Waals surface area contributed by atoms with E-state index in [2.05, 4.69) is 9.97 Å². The van der Waals surface area contributed by atoms with Crippen LogP contribution in [0.2, 0.25) is 0 Å². The molecule has 0 fully saturated rings. The van der Waals surface area contributed by atoms with Crippen LogP contribution in [0.5, 0.6) is 11.8 Å². The van der Waals surface area contributed by atoms with Crippen molar-refractivity contribution in [1.29, 1.82) is 0 Å². The number of hydrogen-bond donors (Lipinski definition) is 0. The number of ether oxygens (including phenoxy) is 2. The summed E-state index contributed by atoms with van der Waals surface area (Å²) in [6, 6.07) is 16.8. The first-order valence-corrected chi connectivity index (χ1v) is 13.2. The number of benzene rings is 2. The Morgan fingerprint density at radius 3 is 2.40 bits per heavy atom. The molecule has 0 N–H and O–H groups in total. The molecular weight excluding hydrogens is 513 g/mol. The Bertz CT molecular complexity index is 1510. The first-order valence-electron chi connectivity index (χ1n) is 13.2. The maximum absolute atomic E-state index is 13.7. The maximum atomic E-state index is 13.7. The lowest BCUT2D eigenvalue weighted by molar-refractivity contribution is 0.0255. The normalized spacial score (nSPS) is 11.3. The summed E-state index contributed by atoms with van der Waals surface area (Å²) in [6.45, 7) is 8.69. The van der Waals surface area contributed by atoms with Gasteiger partial charge in [0.15, 0.2) is 0 Å². The van der Waals surface area contributed by atoms with Gasteiger partial charge >= 0.3 is 12.1 Å². The van der Waals surface area contributed by atoms with Gasteiger partial charge in [0.05, 0.1) is 17.0 Å². The molecule has 2 heterocycles. The monoisotopic (exact) mass is 547 g/mol. The van der Waals surface area contributed by atoms with E-state index in [1.54, 1.807) is 48.5 Å². The third-order valence-electron chi connectivity index (χ3n) is 6.16. The summed E-state index contributed by atoms with van der Waals surface area (Å²) in [5.74, 6) is 0.176. The van der Waals surface area contributed by atoms with E-state index in [9.17, 15) is 14.0 Å². The molecule has 0 saturated carbocycles. The second-order valence-corrected chi connectivity index (χ2v) is 10.2. The quantitative estimate of drug-likeness (QED) is 0.260. The van der Waals surface area contributed by atoms with Crippen molar-refractivity contribution >= 4 is 6.09 Å². The number of nitrogens with zero attached hydrogens (tertiary/aromatic N) is 5. The lowest BCUT2D eigenvalue weighted by Gasteiger charge is -2.26. The number of para-hydroxylation sites is 1. The topological polar surface area (TPSA) is 91.5 Å². The summed E-state index contributed by atoms with van der Waals surface area (Å²) in [6.07, 6.45) is 1.73. The minimum atomic E-state index is -0.599. The molecule has 10 heteroatoms. The average Bonchev–Trinajstić information content (AvgIpc) is 3.16. The van der Waals surface area contributed by atoms with Gasteiger partial charge in [0.25, 0.3) is 5.56 Å². The van der Waals surface area contributed by atoms with Gasteiger partial charge in [-0.3, -0.25) is 14.2 Å². The molecule has 0 aliphatic carbocycles. The predicted octanol–water partition coefficient (Wildman–Crippen LogP) is 5.89. The second kappa shape index (κ2) is 12.1. The van der Waals surface area contributed by atoms with E-state index >= 15 is 0 Å². The SMILES string of the molecule is CCN(CCCn1c(-c2ccnc(Oc3ccccc3)n2)c(-c2ccc(F)cc2)c(=O)n1C)C(=O)OC(C)(C)C. The van der Waals surface area contributed by atoms with E-state index in [1.807, 2.05) is 50.6 Å². The van der Waals surface area contributed by atoms with Crippen molar-refractivity contribution in [2.45, 2.75) is 46.3 Å². The van der Waals surface area contributed by atoms with Crippen molar-refractivity contribution in [1.82, 2.24) is 24.2 Å². The van der Waals surface area contributed by atoms with Crippen molar-refractivity contribution in [2.75, 3.05) is 13.1 Å². The van der Waals surface area contributed by atoms with Crippen molar-refractivity contribution in [3.8, 4) is 34.3 Å². The number of rotatable bonds is 9. The Morgan fingerprint density at radius 1 is 1.05 bits per heavy atom. The molecule has 2 aromatic heterocycles. The van der Waals surface area contributed by atoms with E-state index in [1.165, 1.54) is 16.8 Å². The van der Waals surface area contributed by atoms with Crippen LogP contribution < -0.4 is 10.3 Å². The second-order valence-electron chi connectivity index (χ2n) is 10.2. The summed E-state index contributed by atoms with van der Waals surface area (Å²) >= 11 is 0. The number of halogens is 1. The first-order chi connectivity index (χ1) is 19.1. The minimum Gasteiger partial charge on any atom is -0.444 e. The Hall–Kier alpha value is -4.47. The molecule has 0 aliphatic heterocycles. The third-order valence-corrected chi connectivity index (χ3v) is 6.16. The van der Waals surface area contributed by atoms with Gasteiger partial charge in [-0.1, -0.05) is 30.3 Å². The van der Waals surface area contributed by atoms with E-state index in [4.69, 9.17) is 9.47 Å². The molecule has 40 heavy (non-hydrogen) atoms. The van der Waals surface area contributed by atoms with E-state index in [-0.39, 0.29) is 17.7 Å². The highest BCUT2D eigenvalue weighted by Gasteiger charge is 2.24. The highest BCUT2D eigenvalue weighted by Crippen LogP contribution is 2.31. The summed E-state index contributed by atoms with van der Waals surface area (Å²) in [5.41, 5.74) is 1.09.